The van der Waals surface area contributed by atoms with Gasteiger partial charge in [0.15, 0.2) is 0 Å². The Hall–Kier alpha value is -4.64. The van der Waals surface area contributed by atoms with Crippen LogP contribution in [0.5, 0.6) is 17.2 Å². The summed E-state index contributed by atoms with van der Waals surface area (Å²) >= 11 is 6.08. The topological polar surface area (TPSA) is 99.0 Å². The first kappa shape index (κ1) is 28.9. The quantitative estimate of drug-likeness (QED) is 0.214. The lowest BCUT2D eigenvalue weighted by Gasteiger charge is -2.25. The average molecular weight is 601 g/mol. The molecule has 0 unspecified atom stereocenters. The fourth-order valence-corrected chi connectivity index (χ4v) is 4.78. The van der Waals surface area contributed by atoms with E-state index in [0.717, 1.165) is 17.7 Å². The van der Waals surface area contributed by atoms with E-state index < -0.39 is 35.8 Å². The number of fused-ring (bicyclic) bond motifs is 1. The lowest BCUT2D eigenvalue weighted by atomic mass is 9.96. The van der Waals surface area contributed by atoms with Gasteiger partial charge in [0, 0.05) is 52.5 Å². The molecule has 0 bridgehead atoms. The second-order valence-corrected chi connectivity index (χ2v) is 9.95. The summed E-state index contributed by atoms with van der Waals surface area (Å²) in [7, 11) is 2.60. The minimum absolute atomic E-state index is 0.0505. The molecular weight excluding hydrogens is 577 g/mol. The van der Waals surface area contributed by atoms with Crippen LogP contribution in [0.3, 0.4) is 0 Å². The molecule has 3 aromatic carbocycles. The number of carboxylic acids is 1. The lowest BCUT2D eigenvalue weighted by molar-refractivity contribution is -0.138. The molecule has 0 radical (unpaired) electrons. The Bertz CT molecular complexity index is 1700. The van der Waals surface area contributed by atoms with E-state index in [2.05, 4.69) is 5.32 Å². The second-order valence-electron chi connectivity index (χ2n) is 9.52. The number of nitrogens with zero attached hydrogens (tertiary/aromatic N) is 1. The number of methoxy groups -OCH3 is 2. The predicted octanol–water partition coefficient (Wildman–Crippen LogP) is 6.99. The van der Waals surface area contributed by atoms with Crippen LogP contribution in [0.25, 0.3) is 10.9 Å². The van der Waals surface area contributed by atoms with E-state index in [9.17, 15) is 22.8 Å². The Labute approximate surface area is 242 Å². The summed E-state index contributed by atoms with van der Waals surface area (Å²) < 4.78 is 58.7. The maximum Gasteiger partial charge on any atom is 0.420 e. The minimum atomic E-state index is -4.70. The number of carbonyl (C=O) groups is 2. The van der Waals surface area contributed by atoms with Crippen molar-refractivity contribution in [1.29, 1.82) is 0 Å². The zero-order valence-corrected chi connectivity index (χ0v) is 23.0. The first-order valence-electron chi connectivity index (χ1n) is 12.6. The van der Waals surface area contributed by atoms with Crippen molar-refractivity contribution in [2.24, 2.45) is 0 Å². The molecule has 0 aliphatic heterocycles. The SMILES string of the molecule is COc1cc(N[C@H](C(=O)n2ccc3cc(OC)c(C(F)(F)F)cc32)c2ccc(Cl)cc2)cc(O[C@@H]2C=C(C(=O)O)C2)c1. The lowest BCUT2D eigenvalue weighted by Crippen LogP contribution is -2.27. The summed E-state index contributed by atoms with van der Waals surface area (Å²) in [5.41, 5.74) is 0.198. The summed E-state index contributed by atoms with van der Waals surface area (Å²) in [6.07, 6.45) is -2.03. The van der Waals surface area contributed by atoms with E-state index in [1.165, 1.54) is 31.5 Å². The van der Waals surface area contributed by atoms with Crippen LogP contribution in [0.15, 0.2) is 78.5 Å². The molecular formula is C30H24ClF3N2O6. The third-order valence-electron chi connectivity index (χ3n) is 6.80. The fraction of sp³-hybridized carbons (Fsp3) is 0.200. The summed E-state index contributed by atoms with van der Waals surface area (Å²) in [6.45, 7) is 0. The number of hydrogen-bond donors (Lipinski definition) is 2. The normalized spacial score (nSPS) is 15.4. The number of carboxylic acid groups (broad SMARTS) is 1. The highest BCUT2D eigenvalue weighted by atomic mass is 35.5. The Morgan fingerprint density at radius 3 is 2.33 bits per heavy atom. The summed E-state index contributed by atoms with van der Waals surface area (Å²) in [5, 5.41) is 13.1. The van der Waals surface area contributed by atoms with E-state index in [1.54, 1.807) is 42.5 Å². The van der Waals surface area contributed by atoms with Crippen molar-refractivity contribution in [2.45, 2.75) is 24.7 Å². The maximum absolute atomic E-state index is 14.0. The highest BCUT2D eigenvalue weighted by Crippen LogP contribution is 2.39. The molecule has 1 aliphatic carbocycles. The molecule has 2 atom stereocenters. The monoisotopic (exact) mass is 600 g/mol. The largest absolute Gasteiger partial charge is 0.497 e. The van der Waals surface area contributed by atoms with Gasteiger partial charge in [-0.25, -0.2) is 4.79 Å². The number of aliphatic carboxylic acids is 1. The summed E-state index contributed by atoms with van der Waals surface area (Å²) in [4.78, 5) is 25.1. The van der Waals surface area contributed by atoms with Crippen LogP contribution in [0.1, 0.15) is 28.4 Å². The highest BCUT2D eigenvalue weighted by molar-refractivity contribution is 6.30. The zero-order valence-electron chi connectivity index (χ0n) is 22.2. The number of anilines is 1. The summed E-state index contributed by atoms with van der Waals surface area (Å²) in [5.74, 6) is -1.17. The van der Waals surface area contributed by atoms with Gasteiger partial charge in [0.1, 0.15) is 29.4 Å². The van der Waals surface area contributed by atoms with Crippen LogP contribution >= 0.6 is 11.6 Å². The standard InChI is InChI=1S/C30H24ClF3N2O6/c1-40-21-12-20(13-23(14-21)42-22-9-18(10-22)29(38)39)35-27(16-3-5-19(31)6-4-16)28(37)36-8-7-17-11-26(41-2)24(15-25(17)36)30(32,33)34/h3-9,11-15,22,27,35H,10H2,1-2H3,(H,38,39)/t22-,27+/m1/s1. The van der Waals surface area contributed by atoms with E-state index in [1.807, 2.05) is 0 Å². The third kappa shape index (κ3) is 5.87. The van der Waals surface area contributed by atoms with Crippen LogP contribution < -0.4 is 19.5 Å². The molecule has 0 saturated carbocycles. The highest BCUT2D eigenvalue weighted by Gasteiger charge is 2.35. The van der Waals surface area contributed by atoms with E-state index in [-0.39, 0.29) is 23.3 Å². The molecule has 0 fully saturated rings. The van der Waals surface area contributed by atoms with Gasteiger partial charge in [0.2, 0.25) is 0 Å². The van der Waals surface area contributed by atoms with Crippen LogP contribution in [-0.4, -0.2) is 41.9 Å². The number of ether oxygens (including phenoxy) is 3. The van der Waals surface area contributed by atoms with Crippen LogP contribution in [0.4, 0.5) is 18.9 Å². The van der Waals surface area contributed by atoms with Crippen molar-refractivity contribution in [3.05, 3.63) is 94.7 Å². The van der Waals surface area contributed by atoms with Crippen molar-refractivity contribution >= 4 is 40.1 Å². The third-order valence-corrected chi connectivity index (χ3v) is 7.05. The van der Waals surface area contributed by atoms with Crippen molar-refractivity contribution in [3.63, 3.8) is 0 Å². The van der Waals surface area contributed by atoms with Crippen molar-refractivity contribution in [2.75, 3.05) is 19.5 Å². The van der Waals surface area contributed by atoms with Crippen molar-refractivity contribution in [3.8, 4) is 17.2 Å². The van der Waals surface area contributed by atoms with Crippen LogP contribution in [0.2, 0.25) is 5.02 Å². The van der Waals surface area contributed by atoms with Gasteiger partial charge in [-0.15, -0.1) is 0 Å². The molecule has 1 heterocycles. The number of alkyl halides is 3. The molecule has 1 aliphatic rings. The molecule has 0 spiro atoms. The number of benzene rings is 3. The molecule has 2 N–H and O–H groups in total. The molecule has 0 saturated heterocycles. The Morgan fingerprint density at radius 2 is 1.71 bits per heavy atom. The van der Waals surface area contributed by atoms with Gasteiger partial charge in [-0.3, -0.25) is 9.36 Å². The van der Waals surface area contributed by atoms with Gasteiger partial charge in [0.25, 0.3) is 5.91 Å². The number of aromatic nitrogens is 1. The van der Waals surface area contributed by atoms with E-state index in [4.69, 9.17) is 30.9 Å². The molecule has 5 rings (SSSR count). The number of hydrogen-bond acceptors (Lipinski definition) is 6. The van der Waals surface area contributed by atoms with Crippen LogP contribution in [0, 0.1) is 0 Å². The molecule has 218 valence electrons. The van der Waals surface area contributed by atoms with Crippen molar-refractivity contribution < 1.29 is 42.1 Å². The number of halogens is 4. The minimum Gasteiger partial charge on any atom is -0.497 e. The number of nitrogens with one attached hydrogen (secondary N) is 1. The fourth-order valence-electron chi connectivity index (χ4n) is 4.65. The first-order valence-corrected chi connectivity index (χ1v) is 13.0. The number of carbonyl (C=O) groups excluding carboxylic acids is 1. The smallest absolute Gasteiger partial charge is 0.420 e. The van der Waals surface area contributed by atoms with E-state index in [0.29, 0.717) is 33.2 Å². The molecule has 8 nitrogen and oxygen atoms in total. The second kappa shape index (κ2) is 11.3. The van der Waals surface area contributed by atoms with Crippen LogP contribution in [-0.2, 0) is 11.0 Å². The van der Waals surface area contributed by atoms with Gasteiger partial charge >= 0.3 is 12.1 Å². The number of rotatable bonds is 9. The molecule has 4 aromatic rings. The first-order chi connectivity index (χ1) is 20.0. The average Bonchev–Trinajstić information content (AvgIpc) is 3.35. The van der Waals surface area contributed by atoms with Gasteiger partial charge < -0.3 is 24.6 Å². The van der Waals surface area contributed by atoms with Gasteiger partial charge in [-0.2, -0.15) is 13.2 Å². The Kier molecular flexibility index (Phi) is 7.79. The molecule has 12 heteroatoms. The maximum atomic E-state index is 14.0. The van der Waals surface area contributed by atoms with Crippen molar-refractivity contribution in [1.82, 2.24) is 4.57 Å². The Balaban J connectivity index is 1.53. The predicted molar refractivity (Wildman–Crippen MR) is 150 cm³/mol. The van der Waals surface area contributed by atoms with Gasteiger partial charge in [-0.1, -0.05) is 23.7 Å². The summed E-state index contributed by atoms with van der Waals surface area (Å²) in [6, 6.07) is 13.9. The Morgan fingerprint density at radius 1 is 1.02 bits per heavy atom. The zero-order chi connectivity index (χ0) is 30.2. The molecule has 1 aromatic heterocycles. The van der Waals surface area contributed by atoms with Gasteiger partial charge in [-0.05, 0) is 42.0 Å². The van der Waals surface area contributed by atoms with Gasteiger partial charge in [0.05, 0.1) is 25.3 Å². The molecule has 42 heavy (non-hydrogen) atoms. The van der Waals surface area contributed by atoms with E-state index >= 15 is 0 Å². The molecule has 0 amide bonds.